The topological polar surface area (TPSA) is 57.3 Å². The number of anilines is 1. The molecule has 1 aliphatic heterocycles. The lowest BCUT2D eigenvalue weighted by atomic mass is 9.99. The quantitative estimate of drug-likeness (QED) is 0.804. The lowest BCUT2D eigenvalue weighted by Crippen LogP contribution is -2.38. The summed E-state index contributed by atoms with van der Waals surface area (Å²) >= 11 is 0. The van der Waals surface area contributed by atoms with Crippen LogP contribution in [-0.2, 0) is 4.79 Å². The highest BCUT2D eigenvalue weighted by Crippen LogP contribution is 2.28. The Morgan fingerprint density at radius 2 is 1.96 bits per heavy atom. The van der Waals surface area contributed by atoms with Crippen molar-refractivity contribution < 1.29 is 13.6 Å². The van der Waals surface area contributed by atoms with Crippen LogP contribution in [0.5, 0.6) is 0 Å². The second-order valence-electron chi connectivity index (χ2n) is 5.72. The van der Waals surface area contributed by atoms with Crippen LogP contribution in [0, 0.1) is 11.8 Å². The number of hydrogen-bond acceptors (Lipinski definition) is 5. The van der Waals surface area contributed by atoms with Gasteiger partial charge >= 0.3 is 0 Å². The third-order valence-corrected chi connectivity index (χ3v) is 3.91. The predicted molar refractivity (Wildman–Crippen MR) is 95.4 cm³/mol. The summed E-state index contributed by atoms with van der Waals surface area (Å²) in [5, 5.41) is 4.70. The largest absolute Gasteiger partial charge is 0.350 e. The molecular formula is C19H18F2N4O. The normalized spacial score (nSPS) is 14.0. The first-order valence-electron chi connectivity index (χ1n) is 8.13. The number of benzene rings is 1. The molecule has 134 valence electrons. The van der Waals surface area contributed by atoms with Crippen molar-refractivity contribution in [3.8, 4) is 0 Å². The van der Waals surface area contributed by atoms with E-state index in [1.54, 1.807) is 29.4 Å². The molecule has 0 spiro atoms. The summed E-state index contributed by atoms with van der Waals surface area (Å²) in [6, 6.07) is 8.96. The zero-order valence-electron chi connectivity index (χ0n) is 14.4. The number of allylic oxidation sites excluding steroid dienone is 1. The summed E-state index contributed by atoms with van der Waals surface area (Å²) in [6.07, 6.45) is 3.04. The predicted octanol–water partition coefficient (Wildman–Crippen LogP) is 3.45. The molecule has 2 heterocycles. The van der Waals surface area contributed by atoms with Crippen LogP contribution in [0.1, 0.15) is 19.4 Å². The van der Waals surface area contributed by atoms with Gasteiger partial charge in [0.25, 0.3) is 0 Å². The molecule has 0 atom stereocenters. The molecule has 0 amide bonds. The van der Waals surface area contributed by atoms with Crippen LogP contribution in [0.2, 0.25) is 0 Å². The number of nitrogens with one attached hydrogen (secondary N) is 2. The van der Waals surface area contributed by atoms with E-state index >= 15 is 0 Å². The fraction of sp³-hybridized carbons (Fsp3) is 0.158. The fourth-order valence-corrected chi connectivity index (χ4v) is 2.67. The van der Waals surface area contributed by atoms with Crippen LogP contribution in [0.15, 0.2) is 60.1 Å². The maximum atomic E-state index is 13.9. The van der Waals surface area contributed by atoms with Crippen LogP contribution in [0.25, 0.3) is 5.70 Å². The minimum absolute atomic E-state index is 0.161. The van der Waals surface area contributed by atoms with Gasteiger partial charge in [0.1, 0.15) is 5.82 Å². The Labute approximate surface area is 150 Å². The first-order valence-corrected chi connectivity index (χ1v) is 8.13. The van der Waals surface area contributed by atoms with Gasteiger partial charge in [-0.3, -0.25) is 15.2 Å². The summed E-state index contributed by atoms with van der Waals surface area (Å²) in [4.78, 5) is 16.0. The van der Waals surface area contributed by atoms with Crippen molar-refractivity contribution in [2.45, 2.75) is 13.8 Å². The SMILES string of the molecule is CCN1C=C(Nc2cccnc2F)C(C(C)=O)=C(c2ccc(F)cc2)N1. The van der Waals surface area contributed by atoms with Crippen LogP contribution in [-0.4, -0.2) is 22.3 Å². The highest BCUT2D eigenvalue weighted by molar-refractivity contribution is 6.06. The fourth-order valence-electron chi connectivity index (χ4n) is 2.67. The minimum atomic E-state index is -0.666. The molecule has 5 nitrogen and oxygen atoms in total. The van der Waals surface area contributed by atoms with Gasteiger partial charge in [0, 0.05) is 24.5 Å². The monoisotopic (exact) mass is 356 g/mol. The van der Waals surface area contributed by atoms with Gasteiger partial charge in [0.05, 0.1) is 22.7 Å². The Balaban J connectivity index is 2.10. The van der Waals surface area contributed by atoms with Crippen molar-refractivity contribution in [3.63, 3.8) is 0 Å². The number of pyridine rings is 1. The van der Waals surface area contributed by atoms with Gasteiger partial charge in [-0.05, 0) is 50.2 Å². The molecular weight excluding hydrogens is 338 g/mol. The molecule has 0 unspecified atom stereocenters. The zero-order valence-corrected chi connectivity index (χ0v) is 14.4. The second-order valence-corrected chi connectivity index (χ2v) is 5.72. The van der Waals surface area contributed by atoms with Crippen LogP contribution in [0.3, 0.4) is 0 Å². The van der Waals surface area contributed by atoms with E-state index < -0.39 is 5.95 Å². The number of hydrazine groups is 1. The van der Waals surface area contributed by atoms with Crippen molar-refractivity contribution in [1.82, 2.24) is 15.4 Å². The van der Waals surface area contributed by atoms with Gasteiger partial charge in [-0.25, -0.2) is 9.37 Å². The number of aromatic nitrogens is 1. The number of carbonyl (C=O) groups is 1. The lowest BCUT2D eigenvalue weighted by Gasteiger charge is -2.31. The molecule has 7 heteroatoms. The number of ketones is 1. The molecule has 1 aliphatic rings. The highest BCUT2D eigenvalue weighted by atomic mass is 19.1. The average molecular weight is 356 g/mol. The molecule has 0 fully saturated rings. The van der Waals surface area contributed by atoms with E-state index in [0.717, 1.165) is 0 Å². The number of rotatable bonds is 5. The smallest absolute Gasteiger partial charge is 0.236 e. The van der Waals surface area contributed by atoms with Crippen LogP contribution < -0.4 is 10.7 Å². The number of Topliss-reactive ketones (excluding diaryl/α,β-unsaturated/α-hetero) is 1. The van der Waals surface area contributed by atoms with Crippen LogP contribution >= 0.6 is 0 Å². The highest BCUT2D eigenvalue weighted by Gasteiger charge is 2.24. The molecule has 3 rings (SSSR count). The number of nitrogens with zero attached hydrogens (tertiary/aromatic N) is 2. The Hall–Kier alpha value is -3.22. The van der Waals surface area contributed by atoms with Crippen molar-refractivity contribution in [2.24, 2.45) is 0 Å². The number of hydrogen-bond donors (Lipinski definition) is 2. The summed E-state index contributed by atoms with van der Waals surface area (Å²) in [5.41, 5.74) is 5.26. The first kappa shape index (κ1) is 17.6. The van der Waals surface area contributed by atoms with Crippen LogP contribution in [0.4, 0.5) is 14.5 Å². The molecule has 0 bridgehead atoms. The Bertz CT molecular complexity index is 891. The third kappa shape index (κ3) is 3.56. The first-order chi connectivity index (χ1) is 12.5. The Kier molecular flexibility index (Phi) is 4.97. The summed E-state index contributed by atoms with van der Waals surface area (Å²) in [7, 11) is 0. The van der Waals surface area contributed by atoms with E-state index in [0.29, 0.717) is 29.1 Å². The van der Waals surface area contributed by atoms with E-state index in [1.807, 2.05) is 6.92 Å². The zero-order chi connectivity index (χ0) is 18.7. The molecule has 1 aromatic heterocycles. The molecule has 0 radical (unpaired) electrons. The molecule has 2 aromatic rings. The van der Waals surface area contributed by atoms with Gasteiger partial charge in [-0.15, -0.1) is 0 Å². The van der Waals surface area contributed by atoms with E-state index in [-0.39, 0.29) is 17.3 Å². The molecule has 2 N–H and O–H groups in total. The standard InChI is InChI=1S/C19H18F2N4O/c1-3-25-11-16(23-15-5-4-10-22-19(15)21)17(12(2)26)18(24-25)13-6-8-14(20)9-7-13/h4-11,23-24H,3H2,1-2H3. The molecule has 1 aromatic carbocycles. The Morgan fingerprint density at radius 3 is 2.58 bits per heavy atom. The summed E-state index contributed by atoms with van der Waals surface area (Å²) in [5.74, 6) is -1.25. The molecule has 26 heavy (non-hydrogen) atoms. The number of carbonyl (C=O) groups excluding carboxylic acids is 1. The maximum absolute atomic E-state index is 13.9. The van der Waals surface area contributed by atoms with Crippen molar-refractivity contribution in [2.75, 3.05) is 11.9 Å². The molecule has 0 saturated heterocycles. The maximum Gasteiger partial charge on any atom is 0.236 e. The van der Waals surface area contributed by atoms with Gasteiger partial charge in [-0.1, -0.05) is 0 Å². The Morgan fingerprint density at radius 1 is 1.23 bits per heavy atom. The van der Waals surface area contributed by atoms with Gasteiger partial charge in [-0.2, -0.15) is 4.39 Å². The van der Waals surface area contributed by atoms with Crippen molar-refractivity contribution in [1.29, 1.82) is 0 Å². The van der Waals surface area contributed by atoms with Crippen molar-refractivity contribution >= 4 is 17.2 Å². The summed E-state index contributed by atoms with van der Waals surface area (Å²) < 4.78 is 27.2. The lowest BCUT2D eigenvalue weighted by molar-refractivity contribution is -0.113. The molecule has 0 saturated carbocycles. The van der Waals surface area contributed by atoms with Crippen molar-refractivity contribution in [3.05, 3.63) is 77.4 Å². The van der Waals surface area contributed by atoms with Gasteiger partial charge in [0.15, 0.2) is 5.78 Å². The minimum Gasteiger partial charge on any atom is -0.350 e. The third-order valence-electron chi connectivity index (χ3n) is 3.91. The summed E-state index contributed by atoms with van der Waals surface area (Å²) in [6.45, 7) is 3.95. The molecule has 0 aliphatic carbocycles. The van der Waals surface area contributed by atoms with E-state index in [2.05, 4.69) is 15.7 Å². The van der Waals surface area contributed by atoms with E-state index in [4.69, 9.17) is 0 Å². The van der Waals surface area contributed by atoms with Gasteiger partial charge < -0.3 is 5.32 Å². The van der Waals surface area contributed by atoms with E-state index in [1.165, 1.54) is 31.3 Å². The van der Waals surface area contributed by atoms with Gasteiger partial charge in [0.2, 0.25) is 5.95 Å². The second kappa shape index (κ2) is 7.35. The van der Waals surface area contributed by atoms with E-state index in [9.17, 15) is 13.6 Å². The average Bonchev–Trinajstić information content (AvgIpc) is 2.63. The number of halogens is 2.